The Morgan fingerprint density at radius 1 is 1.42 bits per heavy atom. The van der Waals surface area contributed by atoms with E-state index in [1.165, 1.54) is 13.0 Å². The summed E-state index contributed by atoms with van der Waals surface area (Å²) in [5, 5.41) is 10.5. The van der Waals surface area contributed by atoms with Gasteiger partial charge in [0.05, 0.1) is 4.92 Å². The first-order chi connectivity index (χ1) is 8.91. The molecule has 1 aromatic carbocycles. The molecular weight excluding hydrogens is 276 g/mol. The molecule has 0 saturated heterocycles. The number of rotatable bonds is 5. The van der Waals surface area contributed by atoms with Crippen molar-refractivity contribution in [2.45, 2.75) is 13.3 Å². The normalized spacial score (nSPS) is 10.9. The fourth-order valence-electron chi connectivity index (χ4n) is 1.30. The molecular formula is C12H11F2NO3S. The van der Waals surface area contributed by atoms with Crippen LogP contribution in [0, 0.1) is 21.7 Å². The Morgan fingerprint density at radius 3 is 2.68 bits per heavy atom. The van der Waals surface area contributed by atoms with Gasteiger partial charge in [0, 0.05) is 30.4 Å². The fraction of sp³-hybridized carbons (Fsp3) is 0.250. The first-order valence-corrected chi connectivity index (χ1v) is 6.33. The highest BCUT2D eigenvalue weighted by molar-refractivity contribution is 8.13. The molecule has 102 valence electrons. The predicted octanol–water partition coefficient (Wildman–Crippen LogP) is 3.56. The summed E-state index contributed by atoms with van der Waals surface area (Å²) in [6.07, 6.45) is 3.42. The standard InChI is InChI=1S/C12H11F2NO3S/c1-8(16)19-5-3-2-4-9-6-12(15(17)18)11(14)7-10(9)13/h2,4,6-7H,3,5H2,1H3. The van der Waals surface area contributed by atoms with Crippen LogP contribution < -0.4 is 0 Å². The van der Waals surface area contributed by atoms with Crippen LogP contribution in [0.5, 0.6) is 0 Å². The van der Waals surface area contributed by atoms with Gasteiger partial charge in [-0.1, -0.05) is 23.9 Å². The Bertz CT molecular complexity index is 532. The summed E-state index contributed by atoms with van der Waals surface area (Å²) in [4.78, 5) is 20.3. The molecule has 7 heteroatoms. The molecule has 1 rings (SSSR count). The minimum Gasteiger partial charge on any atom is -0.288 e. The van der Waals surface area contributed by atoms with Gasteiger partial charge in [-0.3, -0.25) is 14.9 Å². The van der Waals surface area contributed by atoms with Crippen molar-refractivity contribution in [2.24, 2.45) is 0 Å². The number of hydrogen-bond acceptors (Lipinski definition) is 4. The van der Waals surface area contributed by atoms with Gasteiger partial charge >= 0.3 is 5.69 Å². The molecule has 0 heterocycles. The van der Waals surface area contributed by atoms with Gasteiger partial charge in [0.25, 0.3) is 0 Å². The van der Waals surface area contributed by atoms with Gasteiger partial charge in [0.15, 0.2) is 5.12 Å². The number of nitro benzene ring substituents is 1. The number of hydrogen-bond donors (Lipinski definition) is 0. The molecule has 0 unspecified atom stereocenters. The van der Waals surface area contributed by atoms with Crippen LogP contribution in [0.1, 0.15) is 18.9 Å². The molecule has 19 heavy (non-hydrogen) atoms. The summed E-state index contributed by atoms with van der Waals surface area (Å²) in [6.45, 7) is 1.44. The number of thioether (sulfide) groups is 1. The van der Waals surface area contributed by atoms with Gasteiger partial charge in [0.1, 0.15) is 5.82 Å². The molecule has 0 saturated carbocycles. The van der Waals surface area contributed by atoms with Gasteiger partial charge in [-0.2, -0.15) is 4.39 Å². The zero-order chi connectivity index (χ0) is 14.4. The van der Waals surface area contributed by atoms with E-state index in [9.17, 15) is 23.7 Å². The van der Waals surface area contributed by atoms with Crippen molar-refractivity contribution in [3.63, 3.8) is 0 Å². The zero-order valence-electron chi connectivity index (χ0n) is 10.1. The molecule has 0 spiro atoms. The van der Waals surface area contributed by atoms with E-state index < -0.39 is 22.2 Å². The molecule has 0 amide bonds. The minimum atomic E-state index is -1.20. The van der Waals surface area contributed by atoms with Crippen molar-refractivity contribution in [3.8, 4) is 0 Å². The maximum atomic E-state index is 13.4. The molecule has 0 N–H and O–H groups in total. The van der Waals surface area contributed by atoms with E-state index in [0.29, 0.717) is 18.2 Å². The number of nitrogens with zero attached hydrogens (tertiary/aromatic N) is 1. The van der Waals surface area contributed by atoms with Crippen molar-refractivity contribution >= 4 is 28.6 Å². The van der Waals surface area contributed by atoms with E-state index in [4.69, 9.17) is 0 Å². The first-order valence-electron chi connectivity index (χ1n) is 5.35. The number of allylic oxidation sites excluding steroid dienone is 1. The lowest BCUT2D eigenvalue weighted by atomic mass is 10.1. The van der Waals surface area contributed by atoms with Crippen molar-refractivity contribution in [2.75, 3.05) is 5.75 Å². The molecule has 0 aliphatic rings. The average molecular weight is 287 g/mol. The summed E-state index contributed by atoms with van der Waals surface area (Å²) >= 11 is 1.13. The maximum Gasteiger partial charge on any atom is 0.305 e. The average Bonchev–Trinajstić information content (AvgIpc) is 2.30. The number of carbonyl (C=O) groups excluding carboxylic acids is 1. The van der Waals surface area contributed by atoms with Gasteiger partial charge in [0.2, 0.25) is 5.82 Å². The second-order valence-electron chi connectivity index (χ2n) is 3.61. The quantitative estimate of drug-likeness (QED) is 0.472. The van der Waals surface area contributed by atoms with E-state index in [2.05, 4.69) is 0 Å². The molecule has 0 aliphatic heterocycles. The van der Waals surface area contributed by atoms with Crippen molar-refractivity contribution in [1.82, 2.24) is 0 Å². The monoisotopic (exact) mass is 287 g/mol. The summed E-state index contributed by atoms with van der Waals surface area (Å²) in [5.41, 5.74) is -0.819. The van der Waals surface area contributed by atoms with E-state index in [1.54, 1.807) is 6.08 Å². The summed E-state index contributed by atoms with van der Waals surface area (Å²) in [7, 11) is 0. The largest absolute Gasteiger partial charge is 0.305 e. The number of benzene rings is 1. The van der Waals surface area contributed by atoms with Crippen LogP contribution in [-0.2, 0) is 4.79 Å². The molecule has 0 atom stereocenters. The Kier molecular flexibility index (Phi) is 5.62. The third-order valence-electron chi connectivity index (χ3n) is 2.15. The topological polar surface area (TPSA) is 60.2 Å². The Labute approximate surface area is 112 Å². The molecule has 4 nitrogen and oxygen atoms in total. The van der Waals surface area contributed by atoms with Gasteiger partial charge in [-0.25, -0.2) is 4.39 Å². The minimum absolute atomic E-state index is 0.0167. The molecule has 0 radical (unpaired) electrons. The van der Waals surface area contributed by atoms with Crippen LogP contribution >= 0.6 is 11.8 Å². The molecule has 0 fully saturated rings. The van der Waals surface area contributed by atoms with Crippen LogP contribution in [0.15, 0.2) is 18.2 Å². The Balaban J connectivity index is 2.77. The van der Waals surface area contributed by atoms with Crippen LogP contribution in [0.3, 0.4) is 0 Å². The molecule has 0 bridgehead atoms. The maximum absolute atomic E-state index is 13.4. The van der Waals surface area contributed by atoms with E-state index in [-0.39, 0.29) is 10.7 Å². The lowest BCUT2D eigenvalue weighted by Gasteiger charge is -1.99. The number of carbonyl (C=O) groups is 1. The molecule has 0 aliphatic carbocycles. The second kappa shape index (κ2) is 6.98. The zero-order valence-corrected chi connectivity index (χ0v) is 10.9. The number of nitro groups is 1. The van der Waals surface area contributed by atoms with Crippen molar-refractivity contribution < 1.29 is 18.5 Å². The van der Waals surface area contributed by atoms with Gasteiger partial charge < -0.3 is 0 Å². The Morgan fingerprint density at radius 2 is 2.11 bits per heavy atom. The highest BCUT2D eigenvalue weighted by Gasteiger charge is 2.17. The van der Waals surface area contributed by atoms with E-state index >= 15 is 0 Å². The lowest BCUT2D eigenvalue weighted by molar-refractivity contribution is -0.387. The van der Waals surface area contributed by atoms with Gasteiger partial charge in [-0.15, -0.1) is 0 Å². The summed E-state index contributed by atoms with van der Waals surface area (Å²) in [5.74, 6) is -1.53. The van der Waals surface area contributed by atoms with Crippen LogP contribution in [0.4, 0.5) is 14.5 Å². The molecule has 0 aromatic heterocycles. The Hall–Kier alpha value is -1.76. The SMILES string of the molecule is CC(=O)SCCC=Cc1cc([N+](=O)[O-])c(F)cc1F. The lowest BCUT2D eigenvalue weighted by Crippen LogP contribution is -1.95. The fourth-order valence-corrected chi connectivity index (χ4v) is 1.84. The van der Waals surface area contributed by atoms with E-state index in [0.717, 1.165) is 17.8 Å². The van der Waals surface area contributed by atoms with E-state index in [1.807, 2.05) is 0 Å². The van der Waals surface area contributed by atoms with Crippen molar-refractivity contribution in [3.05, 3.63) is 45.5 Å². The van der Waals surface area contributed by atoms with Gasteiger partial charge in [-0.05, 0) is 6.42 Å². The highest BCUT2D eigenvalue weighted by atomic mass is 32.2. The molecule has 1 aromatic rings. The second-order valence-corrected chi connectivity index (χ2v) is 4.89. The van der Waals surface area contributed by atoms with Crippen LogP contribution in [-0.4, -0.2) is 15.8 Å². The van der Waals surface area contributed by atoms with Crippen molar-refractivity contribution in [1.29, 1.82) is 0 Å². The van der Waals surface area contributed by atoms with Crippen LogP contribution in [0.2, 0.25) is 0 Å². The summed E-state index contributed by atoms with van der Waals surface area (Å²) in [6, 6.07) is 1.33. The third kappa shape index (κ3) is 4.78. The van der Waals surface area contributed by atoms with Crippen LogP contribution in [0.25, 0.3) is 6.08 Å². The number of halogens is 2. The smallest absolute Gasteiger partial charge is 0.288 e. The summed E-state index contributed by atoms with van der Waals surface area (Å²) < 4.78 is 26.4. The predicted molar refractivity (Wildman–Crippen MR) is 69.8 cm³/mol. The highest BCUT2D eigenvalue weighted by Crippen LogP contribution is 2.22. The third-order valence-corrected chi connectivity index (χ3v) is 3.00. The first kappa shape index (κ1) is 15.3.